The number of nitrogens with one attached hydrogen (secondary N) is 3. The first kappa shape index (κ1) is 77.9. The van der Waals surface area contributed by atoms with Crippen molar-refractivity contribution < 1.29 is 62.6 Å². The van der Waals surface area contributed by atoms with Gasteiger partial charge in [0, 0.05) is 49.3 Å². The van der Waals surface area contributed by atoms with Crippen LogP contribution in [0.15, 0.2) is 12.2 Å². The largest absolute Gasteiger partial charge is 0.390 e. The third kappa shape index (κ3) is 19.9. The lowest BCUT2D eigenvalue weighted by Gasteiger charge is -2.41. The molecule has 14 atom stereocenters. The molecule has 2 saturated heterocycles. The van der Waals surface area contributed by atoms with Gasteiger partial charge in [0.25, 0.3) is 0 Å². The van der Waals surface area contributed by atoms with Crippen LogP contribution in [-0.4, -0.2) is 244 Å². The van der Waals surface area contributed by atoms with Gasteiger partial charge in [-0.25, -0.2) is 0 Å². The van der Waals surface area contributed by atoms with Gasteiger partial charge >= 0.3 is 0 Å². The van der Waals surface area contributed by atoms with Crippen LogP contribution in [0.4, 0.5) is 0 Å². The number of nitrogens with zero attached hydrogens (tertiary/aromatic N) is 8. The number of ether oxygens (including phenoxy) is 1. The molecule has 0 aromatic rings. The molecule has 0 aliphatic carbocycles. The van der Waals surface area contributed by atoms with Gasteiger partial charge in [0.2, 0.25) is 65.0 Å². The second kappa shape index (κ2) is 34.7. The van der Waals surface area contributed by atoms with Crippen LogP contribution in [0.2, 0.25) is 0 Å². The number of aliphatic hydroxyl groups excluding tert-OH is 1. The number of hydrogen-bond donors (Lipinski definition) is 4. The van der Waals surface area contributed by atoms with Gasteiger partial charge < -0.3 is 65.0 Å². The third-order valence-corrected chi connectivity index (χ3v) is 17.1. The number of allylic oxidation sites excluding steroid dienone is 2. The number of likely N-dealkylation sites (N-methyl/N-ethyl adjacent to an activating group) is 7. The van der Waals surface area contributed by atoms with E-state index in [1.165, 1.54) is 92.6 Å². The quantitative estimate of drug-likeness (QED) is 0.171. The van der Waals surface area contributed by atoms with Crippen molar-refractivity contribution in [2.75, 3.05) is 55.9 Å². The SMILES string of the molecule is C/C=C/C[C@@H](C)C(O)[C@H]1C(=O)N[C@@H](CC)C(=O)N(C)CC(=O)N(C)[C@@H](CC(C)C)C(=O)N2C(CC)OC(C)C2C(=O)N(C)[C@@H](CC(C)C)C(=O)N[C@@H](C)C(=O)N[C@H](C)C(=O)N(C)[C@@H](CC(C)C)C(=O)N(C)[C@@H](CC(C)C)C(=O)N(C)[C@@H](C(C)C)C(=O)N1C. The molecule has 0 bridgehead atoms. The lowest BCUT2D eigenvalue weighted by molar-refractivity contribution is -0.157. The van der Waals surface area contributed by atoms with Crippen LogP contribution in [0, 0.1) is 35.5 Å². The van der Waals surface area contributed by atoms with Crippen molar-refractivity contribution in [3.8, 4) is 0 Å². The van der Waals surface area contributed by atoms with Gasteiger partial charge in [-0.3, -0.25) is 52.7 Å². The standard InChI is InChI=1S/C64H113N11O13/c1-25-28-29-40(14)54(77)53-57(80)67-44(26-2)59(82)68(18)34-49(76)69(19)48(33-38(10)11)62(85)75-50(27-3)88-43(17)52(75)64(87)70(20)45(30-35(4)5)56(79)65-41(15)55(78)66-42(16)58(81)71(21)46(31-36(6)7)60(83)72(22)47(32-37(8)9)61(84)73(23)51(39(12)13)63(86)74(53)24/h25,28,35-48,50-54,77H,26-27,29-34H2,1-24H3,(H,65,79)(H,66,78)(H,67,80)/b28-25+/t40-,41+,42-,43?,44+,45+,46+,47+,48+,50?,51+,52?,53+,54?/m1/s1. The molecule has 24 nitrogen and oxygen atoms in total. The van der Waals surface area contributed by atoms with Gasteiger partial charge in [-0.15, -0.1) is 0 Å². The molecule has 502 valence electrons. The van der Waals surface area contributed by atoms with Crippen molar-refractivity contribution >= 4 is 65.0 Å². The number of amides is 11. The Labute approximate surface area is 525 Å². The van der Waals surface area contributed by atoms with E-state index in [1.54, 1.807) is 54.5 Å². The molecule has 88 heavy (non-hydrogen) atoms. The molecule has 2 fully saturated rings. The van der Waals surface area contributed by atoms with E-state index < -0.39 is 162 Å². The minimum absolute atomic E-state index is 0.0154. The van der Waals surface area contributed by atoms with Gasteiger partial charge in [0.15, 0.2) is 0 Å². The number of carbonyl (C=O) groups is 11. The summed E-state index contributed by atoms with van der Waals surface area (Å²) in [5.41, 5.74) is 0. The average molecular weight is 1240 g/mol. The zero-order valence-electron chi connectivity index (χ0n) is 57.7. The number of fused-ring (bicyclic) bond motifs is 1. The Kier molecular flexibility index (Phi) is 30.7. The van der Waals surface area contributed by atoms with Crippen LogP contribution in [0.1, 0.15) is 163 Å². The Bertz CT molecular complexity index is 2450. The maximum atomic E-state index is 15.2. The highest BCUT2D eigenvalue weighted by Crippen LogP contribution is 2.31. The summed E-state index contributed by atoms with van der Waals surface area (Å²) in [6.07, 6.45) is 1.45. The molecule has 2 aliphatic rings. The van der Waals surface area contributed by atoms with Gasteiger partial charge in [0.05, 0.1) is 18.8 Å². The highest BCUT2D eigenvalue weighted by molar-refractivity contribution is 6.00. The van der Waals surface area contributed by atoms with Crippen LogP contribution in [0.5, 0.6) is 0 Å². The van der Waals surface area contributed by atoms with Crippen molar-refractivity contribution in [2.24, 2.45) is 35.5 Å². The lowest BCUT2D eigenvalue weighted by Crippen LogP contribution is -2.63. The Hall–Kier alpha value is -6.17. The summed E-state index contributed by atoms with van der Waals surface area (Å²) in [6.45, 7) is 29.3. The lowest BCUT2D eigenvalue weighted by atomic mass is 9.91. The van der Waals surface area contributed by atoms with Crippen molar-refractivity contribution in [2.45, 2.75) is 242 Å². The minimum atomic E-state index is -1.62. The summed E-state index contributed by atoms with van der Waals surface area (Å²) < 4.78 is 6.29. The molecule has 0 aromatic carbocycles. The first-order valence-electron chi connectivity index (χ1n) is 31.8. The fraction of sp³-hybridized carbons (Fsp3) is 0.797. The van der Waals surface area contributed by atoms with Gasteiger partial charge in [-0.2, -0.15) is 0 Å². The number of rotatable bonds is 15. The number of aliphatic hydroxyl groups is 1. The fourth-order valence-electron chi connectivity index (χ4n) is 11.7. The monoisotopic (exact) mass is 1240 g/mol. The first-order chi connectivity index (χ1) is 40.7. The second-order valence-corrected chi connectivity index (χ2v) is 26.8. The van der Waals surface area contributed by atoms with E-state index in [-0.39, 0.29) is 62.2 Å². The van der Waals surface area contributed by atoms with Crippen molar-refractivity contribution in [1.29, 1.82) is 0 Å². The Morgan fingerprint density at radius 1 is 0.500 bits per heavy atom. The molecule has 24 heteroatoms. The molecule has 4 N–H and O–H groups in total. The summed E-state index contributed by atoms with van der Waals surface area (Å²) in [5, 5.41) is 20.3. The third-order valence-electron chi connectivity index (χ3n) is 17.1. The summed E-state index contributed by atoms with van der Waals surface area (Å²) in [6, 6.07) is -12.5. The van der Waals surface area contributed by atoms with Crippen LogP contribution < -0.4 is 16.0 Å². The zero-order chi connectivity index (χ0) is 67.8. The smallest absolute Gasteiger partial charge is 0.248 e. The summed E-state index contributed by atoms with van der Waals surface area (Å²) >= 11 is 0. The summed E-state index contributed by atoms with van der Waals surface area (Å²) in [7, 11) is 9.95. The number of carbonyl (C=O) groups excluding carboxylic acids is 11. The predicted molar refractivity (Wildman–Crippen MR) is 337 cm³/mol. The Morgan fingerprint density at radius 2 is 0.943 bits per heavy atom. The highest BCUT2D eigenvalue weighted by atomic mass is 16.5. The van der Waals surface area contributed by atoms with E-state index in [1.807, 2.05) is 61.5 Å². The van der Waals surface area contributed by atoms with Crippen molar-refractivity contribution in [1.82, 2.24) is 55.1 Å². The molecule has 0 aromatic heterocycles. The van der Waals surface area contributed by atoms with Crippen LogP contribution in [0.3, 0.4) is 0 Å². The molecule has 2 heterocycles. The second-order valence-electron chi connectivity index (χ2n) is 26.8. The van der Waals surface area contributed by atoms with E-state index >= 15 is 24.0 Å². The molecular weight excluding hydrogens is 1130 g/mol. The fourth-order valence-corrected chi connectivity index (χ4v) is 11.7. The van der Waals surface area contributed by atoms with Crippen LogP contribution in [0.25, 0.3) is 0 Å². The molecule has 2 rings (SSSR count). The highest BCUT2D eigenvalue weighted by Gasteiger charge is 2.51. The van der Waals surface area contributed by atoms with Crippen molar-refractivity contribution in [3.63, 3.8) is 0 Å². The van der Waals surface area contributed by atoms with Crippen LogP contribution >= 0.6 is 0 Å². The van der Waals surface area contributed by atoms with E-state index in [0.29, 0.717) is 6.42 Å². The zero-order valence-corrected chi connectivity index (χ0v) is 57.7. The van der Waals surface area contributed by atoms with E-state index in [4.69, 9.17) is 4.74 Å². The van der Waals surface area contributed by atoms with Gasteiger partial charge in [0.1, 0.15) is 66.6 Å². The topological polar surface area (TPSA) is 279 Å². The Morgan fingerprint density at radius 3 is 1.41 bits per heavy atom. The summed E-state index contributed by atoms with van der Waals surface area (Å²) in [5.74, 6) is -9.26. The molecular formula is C64H113N11O13. The van der Waals surface area contributed by atoms with Crippen LogP contribution in [-0.2, 0) is 57.5 Å². The molecule has 0 radical (unpaired) electrons. The molecule has 4 unspecified atom stereocenters. The molecule has 11 amide bonds. The maximum absolute atomic E-state index is 15.2. The number of hydrogen-bond acceptors (Lipinski definition) is 13. The van der Waals surface area contributed by atoms with Gasteiger partial charge in [-0.05, 0) is 108 Å². The average Bonchev–Trinajstić information content (AvgIpc) is 1.82. The Balaban J connectivity index is 3.03. The van der Waals surface area contributed by atoms with Gasteiger partial charge in [-0.1, -0.05) is 102 Å². The maximum Gasteiger partial charge on any atom is 0.248 e. The summed E-state index contributed by atoms with van der Waals surface area (Å²) in [4.78, 5) is 172. The van der Waals surface area contributed by atoms with E-state index in [0.717, 1.165) is 9.80 Å². The minimum Gasteiger partial charge on any atom is -0.390 e. The molecule has 0 spiro atoms. The van der Waals surface area contributed by atoms with E-state index in [2.05, 4.69) is 16.0 Å². The molecule has 2 aliphatic heterocycles. The van der Waals surface area contributed by atoms with E-state index in [9.17, 15) is 33.9 Å². The predicted octanol–water partition coefficient (Wildman–Crippen LogP) is 3.48. The van der Waals surface area contributed by atoms with Crippen molar-refractivity contribution in [3.05, 3.63) is 12.2 Å². The molecule has 0 saturated carbocycles. The first-order valence-corrected chi connectivity index (χ1v) is 31.8. The normalized spacial score (nSPS) is 28.8.